The third-order valence-electron chi connectivity index (χ3n) is 0.955. The lowest BCUT2D eigenvalue weighted by molar-refractivity contribution is -0.136. The van der Waals surface area contributed by atoms with Gasteiger partial charge < -0.3 is 9.47 Å². The Balaban J connectivity index is 3.56. The Morgan fingerprint density at radius 2 is 2.10 bits per heavy atom. The maximum Gasteiger partial charge on any atom is 0.237 e. The Kier molecular flexibility index (Phi) is 4.76. The molecule has 58 valence electrons. The second kappa shape index (κ2) is 5.11. The fourth-order valence-electron chi connectivity index (χ4n) is 0.438. The predicted octanol–water partition coefficient (Wildman–Crippen LogP) is 0.677. The van der Waals surface area contributed by atoms with Gasteiger partial charge in [-0.2, -0.15) is 4.99 Å². The molecule has 0 aromatic carbocycles. The van der Waals surface area contributed by atoms with Crippen molar-refractivity contribution in [3.05, 3.63) is 0 Å². The van der Waals surface area contributed by atoms with Gasteiger partial charge in [-0.3, -0.25) is 0 Å². The highest BCUT2D eigenvalue weighted by molar-refractivity contribution is 5.32. The number of aliphatic imine (C=N–C) groups is 1. The molecule has 0 amide bonds. The maximum atomic E-state index is 9.67. The molecule has 0 aromatic rings. The highest BCUT2D eigenvalue weighted by atomic mass is 16.7. The highest BCUT2D eigenvalue weighted by Crippen LogP contribution is 1.97. The minimum Gasteiger partial charge on any atom is -0.356 e. The molecular formula is C6H11NO3. The normalized spacial score (nSPS) is 15.5. The molecular weight excluding hydrogens is 134 g/mol. The van der Waals surface area contributed by atoms with Gasteiger partial charge in [0.05, 0.1) is 0 Å². The minimum atomic E-state index is -0.479. The summed E-state index contributed by atoms with van der Waals surface area (Å²) in [7, 11) is 1.52. The van der Waals surface area contributed by atoms with Gasteiger partial charge in [-0.15, -0.1) is 0 Å². The van der Waals surface area contributed by atoms with E-state index >= 15 is 0 Å². The second-order valence-electron chi connectivity index (χ2n) is 1.76. The average Bonchev–Trinajstić information content (AvgIpc) is 1.88. The van der Waals surface area contributed by atoms with Crippen molar-refractivity contribution in [1.82, 2.24) is 0 Å². The molecule has 0 saturated heterocycles. The molecule has 0 radical (unpaired) electrons. The van der Waals surface area contributed by atoms with Crippen molar-refractivity contribution in [2.24, 2.45) is 4.99 Å². The van der Waals surface area contributed by atoms with Gasteiger partial charge in [0.25, 0.3) is 0 Å². The summed E-state index contributed by atoms with van der Waals surface area (Å²) in [6.07, 6.45) is 0.572. The van der Waals surface area contributed by atoms with E-state index in [-0.39, 0.29) is 6.29 Å². The third kappa shape index (κ3) is 4.21. The predicted molar refractivity (Wildman–Crippen MR) is 35.1 cm³/mol. The first-order chi connectivity index (χ1) is 4.70. The zero-order valence-corrected chi connectivity index (χ0v) is 6.33. The van der Waals surface area contributed by atoms with Crippen LogP contribution in [0.3, 0.4) is 0 Å². The highest BCUT2D eigenvalue weighted by Gasteiger charge is 2.03. The third-order valence-corrected chi connectivity index (χ3v) is 0.955. The largest absolute Gasteiger partial charge is 0.356 e. The first-order valence-corrected chi connectivity index (χ1v) is 2.96. The van der Waals surface area contributed by atoms with Crippen molar-refractivity contribution in [2.75, 3.05) is 7.11 Å². The zero-order valence-electron chi connectivity index (χ0n) is 6.33. The summed E-state index contributed by atoms with van der Waals surface area (Å²) in [5.74, 6) is 0. The zero-order chi connectivity index (χ0) is 7.98. The van der Waals surface area contributed by atoms with Gasteiger partial charge in [0.1, 0.15) is 0 Å². The van der Waals surface area contributed by atoms with Crippen LogP contribution in [0.25, 0.3) is 0 Å². The molecule has 0 heterocycles. The Bertz CT molecular complexity index is 131. The first kappa shape index (κ1) is 9.30. The molecule has 0 rings (SSSR count). The monoisotopic (exact) mass is 145 g/mol. The fourth-order valence-corrected chi connectivity index (χ4v) is 0.438. The Morgan fingerprint density at radius 1 is 1.50 bits per heavy atom. The summed E-state index contributed by atoms with van der Waals surface area (Å²) in [4.78, 5) is 13.0. The van der Waals surface area contributed by atoms with E-state index in [4.69, 9.17) is 9.47 Å². The number of methoxy groups -OCH3 is 1. The summed E-state index contributed by atoms with van der Waals surface area (Å²) >= 11 is 0. The topological polar surface area (TPSA) is 47.9 Å². The molecule has 0 aliphatic heterocycles. The SMILES string of the molecule is COC(C)OC(C)N=C=O. The van der Waals surface area contributed by atoms with Gasteiger partial charge in [0.2, 0.25) is 6.08 Å². The number of rotatable bonds is 4. The number of ether oxygens (including phenoxy) is 2. The molecule has 2 atom stereocenters. The van der Waals surface area contributed by atoms with Crippen molar-refractivity contribution in [1.29, 1.82) is 0 Å². The maximum absolute atomic E-state index is 9.67. The van der Waals surface area contributed by atoms with E-state index in [0.29, 0.717) is 0 Å². The Hall–Kier alpha value is -0.700. The number of hydrogen-bond acceptors (Lipinski definition) is 4. The summed E-state index contributed by atoms with van der Waals surface area (Å²) in [5, 5.41) is 0. The van der Waals surface area contributed by atoms with E-state index in [1.54, 1.807) is 13.8 Å². The van der Waals surface area contributed by atoms with Gasteiger partial charge in [-0.05, 0) is 13.8 Å². The fraction of sp³-hybridized carbons (Fsp3) is 0.833. The molecule has 0 aliphatic carbocycles. The van der Waals surface area contributed by atoms with Crippen molar-refractivity contribution < 1.29 is 14.3 Å². The molecule has 4 heteroatoms. The van der Waals surface area contributed by atoms with Gasteiger partial charge in [0, 0.05) is 7.11 Å². The van der Waals surface area contributed by atoms with Crippen molar-refractivity contribution in [2.45, 2.75) is 26.4 Å². The average molecular weight is 145 g/mol. The second-order valence-corrected chi connectivity index (χ2v) is 1.76. The van der Waals surface area contributed by atoms with Crippen LogP contribution in [-0.2, 0) is 14.3 Å². The lowest BCUT2D eigenvalue weighted by atomic mass is 10.6. The molecule has 2 unspecified atom stereocenters. The van der Waals surface area contributed by atoms with Crippen LogP contribution < -0.4 is 0 Å². The van der Waals surface area contributed by atoms with Crippen LogP contribution in [0.15, 0.2) is 4.99 Å². The van der Waals surface area contributed by atoms with Crippen LogP contribution >= 0.6 is 0 Å². The molecule has 10 heavy (non-hydrogen) atoms. The van der Waals surface area contributed by atoms with Crippen LogP contribution in [0.1, 0.15) is 13.8 Å². The molecule has 0 saturated carbocycles. The van der Waals surface area contributed by atoms with E-state index in [0.717, 1.165) is 0 Å². The summed E-state index contributed by atoms with van der Waals surface area (Å²) in [5.41, 5.74) is 0. The van der Waals surface area contributed by atoms with Crippen LogP contribution in [0.2, 0.25) is 0 Å². The van der Waals surface area contributed by atoms with E-state index < -0.39 is 6.23 Å². The lowest BCUT2D eigenvalue weighted by Gasteiger charge is -2.12. The molecule has 0 bridgehead atoms. The van der Waals surface area contributed by atoms with Crippen molar-refractivity contribution in [3.63, 3.8) is 0 Å². The minimum absolute atomic E-state index is 0.341. The Labute approximate surface area is 59.8 Å². The van der Waals surface area contributed by atoms with E-state index in [1.807, 2.05) is 0 Å². The molecule has 0 fully saturated rings. The number of nitrogens with zero attached hydrogens (tertiary/aromatic N) is 1. The number of carbonyl (C=O) groups excluding carboxylic acids is 1. The van der Waals surface area contributed by atoms with E-state index in [9.17, 15) is 4.79 Å². The lowest BCUT2D eigenvalue weighted by Crippen LogP contribution is -2.16. The number of hydrogen-bond donors (Lipinski definition) is 0. The quantitative estimate of drug-likeness (QED) is 0.332. The summed E-state index contributed by atoms with van der Waals surface area (Å²) in [6, 6.07) is 0. The molecule has 4 nitrogen and oxygen atoms in total. The molecule has 0 spiro atoms. The van der Waals surface area contributed by atoms with Crippen molar-refractivity contribution in [3.8, 4) is 0 Å². The standard InChI is InChI=1S/C6H11NO3/c1-5(7-4-8)10-6(2)9-3/h5-6H,1-3H3. The number of isocyanates is 1. The van der Waals surface area contributed by atoms with Crippen LogP contribution in [0.5, 0.6) is 0 Å². The molecule has 0 aliphatic rings. The Morgan fingerprint density at radius 3 is 2.50 bits per heavy atom. The van der Waals surface area contributed by atoms with Crippen LogP contribution in [-0.4, -0.2) is 25.7 Å². The summed E-state index contributed by atoms with van der Waals surface area (Å²) < 4.78 is 9.74. The van der Waals surface area contributed by atoms with Gasteiger partial charge in [-0.25, -0.2) is 4.79 Å². The van der Waals surface area contributed by atoms with E-state index in [1.165, 1.54) is 13.2 Å². The smallest absolute Gasteiger partial charge is 0.237 e. The summed E-state index contributed by atoms with van der Waals surface area (Å²) in [6.45, 7) is 3.36. The van der Waals surface area contributed by atoms with Gasteiger partial charge in [0.15, 0.2) is 12.5 Å². The molecule has 0 aromatic heterocycles. The molecule has 0 N–H and O–H groups in total. The van der Waals surface area contributed by atoms with E-state index in [2.05, 4.69) is 4.99 Å². The van der Waals surface area contributed by atoms with Crippen molar-refractivity contribution >= 4 is 6.08 Å². The van der Waals surface area contributed by atoms with Crippen LogP contribution in [0, 0.1) is 0 Å². The van der Waals surface area contributed by atoms with Gasteiger partial charge in [-0.1, -0.05) is 0 Å². The van der Waals surface area contributed by atoms with Crippen LogP contribution in [0.4, 0.5) is 0 Å². The van der Waals surface area contributed by atoms with Gasteiger partial charge >= 0.3 is 0 Å². The first-order valence-electron chi connectivity index (χ1n) is 2.96.